The standard InChI is InChI=1S/C15H21NO3/c1-2-19-13-9-7-11(8-10-13)14(15(17)18)16-12-5-3-4-6-12/h7-10,12,14,16H,2-6H2,1H3,(H,17,18). The molecule has 2 N–H and O–H groups in total. The molecule has 104 valence electrons. The van der Waals surface area contributed by atoms with Gasteiger partial charge < -0.3 is 9.84 Å². The molecule has 0 saturated heterocycles. The molecule has 1 aliphatic carbocycles. The van der Waals surface area contributed by atoms with Gasteiger partial charge in [-0.15, -0.1) is 0 Å². The Bertz CT molecular complexity index is 410. The predicted molar refractivity (Wildman–Crippen MR) is 73.4 cm³/mol. The normalized spacial score (nSPS) is 17.3. The van der Waals surface area contributed by atoms with Crippen LogP contribution in [0.3, 0.4) is 0 Å². The fraction of sp³-hybridized carbons (Fsp3) is 0.533. The largest absolute Gasteiger partial charge is 0.494 e. The van der Waals surface area contributed by atoms with Crippen molar-refractivity contribution < 1.29 is 14.6 Å². The zero-order valence-electron chi connectivity index (χ0n) is 11.3. The monoisotopic (exact) mass is 263 g/mol. The minimum absolute atomic E-state index is 0.327. The lowest BCUT2D eigenvalue weighted by molar-refractivity contribution is -0.139. The van der Waals surface area contributed by atoms with E-state index < -0.39 is 12.0 Å². The Balaban J connectivity index is 2.07. The number of ether oxygens (including phenoxy) is 1. The van der Waals surface area contributed by atoms with Crippen LogP contribution in [0, 0.1) is 0 Å². The van der Waals surface area contributed by atoms with Crippen molar-refractivity contribution in [2.75, 3.05) is 6.61 Å². The summed E-state index contributed by atoms with van der Waals surface area (Å²) >= 11 is 0. The summed E-state index contributed by atoms with van der Waals surface area (Å²) in [6.45, 7) is 2.54. The van der Waals surface area contributed by atoms with E-state index in [1.165, 1.54) is 12.8 Å². The predicted octanol–water partition coefficient (Wildman–Crippen LogP) is 2.74. The molecule has 0 amide bonds. The maximum absolute atomic E-state index is 11.4. The number of carbonyl (C=O) groups is 1. The minimum atomic E-state index is -0.823. The van der Waals surface area contributed by atoms with E-state index in [1.54, 1.807) is 0 Å². The molecule has 1 unspecified atom stereocenters. The summed E-state index contributed by atoms with van der Waals surface area (Å²) in [6.07, 6.45) is 4.52. The lowest BCUT2D eigenvalue weighted by Gasteiger charge is -2.20. The van der Waals surface area contributed by atoms with Gasteiger partial charge in [-0.2, -0.15) is 0 Å². The van der Waals surface area contributed by atoms with Crippen molar-refractivity contribution in [2.45, 2.75) is 44.7 Å². The number of nitrogens with one attached hydrogen (secondary N) is 1. The summed E-state index contributed by atoms with van der Waals surface area (Å²) in [5, 5.41) is 12.6. The summed E-state index contributed by atoms with van der Waals surface area (Å²) in [6, 6.07) is 7.00. The van der Waals surface area contributed by atoms with Crippen molar-refractivity contribution in [3.8, 4) is 5.75 Å². The number of hydrogen-bond donors (Lipinski definition) is 2. The topological polar surface area (TPSA) is 58.6 Å². The van der Waals surface area contributed by atoms with Crippen molar-refractivity contribution >= 4 is 5.97 Å². The van der Waals surface area contributed by atoms with Gasteiger partial charge in [-0.3, -0.25) is 10.1 Å². The van der Waals surface area contributed by atoms with Crippen LogP contribution in [0.4, 0.5) is 0 Å². The molecule has 19 heavy (non-hydrogen) atoms. The first-order valence-corrected chi connectivity index (χ1v) is 6.92. The maximum Gasteiger partial charge on any atom is 0.325 e. The fourth-order valence-electron chi connectivity index (χ4n) is 2.56. The van der Waals surface area contributed by atoms with Crippen molar-refractivity contribution in [3.05, 3.63) is 29.8 Å². The third kappa shape index (κ3) is 3.70. The van der Waals surface area contributed by atoms with Crippen LogP contribution in [0.25, 0.3) is 0 Å². The lowest BCUT2D eigenvalue weighted by atomic mass is 10.1. The van der Waals surface area contributed by atoms with Crippen molar-refractivity contribution in [3.63, 3.8) is 0 Å². The first-order valence-electron chi connectivity index (χ1n) is 6.92. The molecule has 1 aromatic carbocycles. The van der Waals surface area contributed by atoms with E-state index in [4.69, 9.17) is 4.74 Å². The second-order valence-corrected chi connectivity index (χ2v) is 4.92. The van der Waals surface area contributed by atoms with E-state index in [9.17, 15) is 9.90 Å². The second kappa shape index (κ2) is 6.57. The Morgan fingerprint density at radius 2 is 2.00 bits per heavy atom. The zero-order chi connectivity index (χ0) is 13.7. The van der Waals surface area contributed by atoms with Gasteiger partial charge >= 0.3 is 5.97 Å². The number of rotatable bonds is 6. The second-order valence-electron chi connectivity index (χ2n) is 4.92. The summed E-state index contributed by atoms with van der Waals surface area (Å²) in [5.74, 6) is -0.0488. The van der Waals surface area contributed by atoms with Crippen molar-refractivity contribution in [2.24, 2.45) is 0 Å². The molecule has 0 bridgehead atoms. The van der Waals surface area contributed by atoms with E-state index >= 15 is 0 Å². The molecule has 2 rings (SSSR count). The van der Waals surface area contributed by atoms with Gasteiger partial charge in [-0.1, -0.05) is 25.0 Å². The highest BCUT2D eigenvalue weighted by Crippen LogP contribution is 2.23. The number of carboxylic acids is 1. The summed E-state index contributed by atoms with van der Waals surface area (Å²) < 4.78 is 5.37. The van der Waals surface area contributed by atoms with Crippen molar-refractivity contribution in [1.82, 2.24) is 5.32 Å². The van der Waals surface area contributed by atoms with Gasteiger partial charge in [-0.05, 0) is 37.5 Å². The molecule has 1 aliphatic rings. The Hall–Kier alpha value is -1.55. The SMILES string of the molecule is CCOc1ccc(C(NC2CCCC2)C(=O)O)cc1. The Morgan fingerprint density at radius 1 is 1.37 bits per heavy atom. The summed E-state index contributed by atoms with van der Waals surface area (Å²) in [7, 11) is 0. The van der Waals surface area contributed by atoms with Crippen LogP contribution in [0.5, 0.6) is 5.75 Å². The zero-order valence-corrected chi connectivity index (χ0v) is 11.3. The van der Waals surface area contributed by atoms with Crippen LogP contribution in [-0.2, 0) is 4.79 Å². The van der Waals surface area contributed by atoms with Crippen LogP contribution in [0.15, 0.2) is 24.3 Å². The third-order valence-electron chi connectivity index (χ3n) is 3.53. The van der Waals surface area contributed by atoms with Crippen LogP contribution >= 0.6 is 0 Å². The molecule has 1 atom stereocenters. The van der Waals surface area contributed by atoms with Gasteiger partial charge in [0, 0.05) is 6.04 Å². The minimum Gasteiger partial charge on any atom is -0.494 e. The highest BCUT2D eigenvalue weighted by atomic mass is 16.5. The average molecular weight is 263 g/mol. The molecule has 0 aliphatic heterocycles. The van der Waals surface area contributed by atoms with Crippen molar-refractivity contribution in [1.29, 1.82) is 0 Å². The smallest absolute Gasteiger partial charge is 0.325 e. The van der Waals surface area contributed by atoms with Gasteiger partial charge in [0.1, 0.15) is 11.8 Å². The van der Waals surface area contributed by atoms with Crippen LogP contribution < -0.4 is 10.1 Å². The molecule has 0 spiro atoms. The molecule has 0 heterocycles. The maximum atomic E-state index is 11.4. The quantitative estimate of drug-likeness (QED) is 0.828. The molecule has 1 fully saturated rings. The Morgan fingerprint density at radius 3 is 2.53 bits per heavy atom. The molecule has 1 aromatic rings. The number of aliphatic carboxylic acids is 1. The fourth-order valence-corrected chi connectivity index (χ4v) is 2.56. The number of carboxylic acid groups (broad SMARTS) is 1. The first kappa shape index (κ1) is 13.9. The molecular weight excluding hydrogens is 242 g/mol. The molecule has 0 radical (unpaired) electrons. The van der Waals surface area contributed by atoms with Crippen LogP contribution in [0.1, 0.15) is 44.2 Å². The Labute approximate surface area is 113 Å². The molecular formula is C15H21NO3. The van der Waals surface area contributed by atoms with E-state index in [1.807, 2.05) is 31.2 Å². The van der Waals surface area contributed by atoms with Crippen LogP contribution in [0.2, 0.25) is 0 Å². The number of benzene rings is 1. The van der Waals surface area contributed by atoms with E-state index in [-0.39, 0.29) is 0 Å². The highest BCUT2D eigenvalue weighted by Gasteiger charge is 2.25. The van der Waals surface area contributed by atoms with Gasteiger partial charge in [0.2, 0.25) is 0 Å². The highest BCUT2D eigenvalue weighted by molar-refractivity contribution is 5.75. The van der Waals surface area contributed by atoms with Gasteiger partial charge in [-0.25, -0.2) is 0 Å². The number of hydrogen-bond acceptors (Lipinski definition) is 3. The van der Waals surface area contributed by atoms with E-state index in [0.717, 1.165) is 24.2 Å². The Kier molecular flexibility index (Phi) is 4.80. The average Bonchev–Trinajstić information content (AvgIpc) is 2.90. The molecule has 1 saturated carbocycles. The molecule has 4 nitrogen and oxygen atoms in total. The lowest BCUT2D eigenvalue weighted by Crippen LogP contribution is -2.35. The molecule has 4 heteroatoms. The van der Waals surface area contributed by atoms with E-state index in [0.29, 0.717) is 12.6 Å². The van der Waals surface area contributed by atoms with Gasteiger partial charge in [0.15, 0.2) is 0 Å². The van der Waals surface area contributed by atoms with Crippen LogP contribution in [-0.4, -0.2) is 23.7 Å². The van der Waals surface area contributed by atoms with Gasteiger partial charge in [0.25, 0.3) is 0 Å². The van der Waals surface area contributed by atoms with Gasteiger partial charge in [0.05, 0.1) is 6.61 Å². The molecule has 0 aromatic heterocycles. The summed E-state index contributed by atoms with van der Waals surface area (Å²) in [5.41, 5.74) is 0.780. The third-order valence-corrected chi connectivity index (χ3v) is 3.53. The first-order chi connectivity index (χ1) is 9.20. The van der Waals surface area contributed by atoms with E-state index in [2.05, 4.69) is 5.32 Å². The summed E-state index contributed by atoms with van der Waals surface area (Å²) in [4.78, 5) is 11.4.